The van der Waals surface area contributed by atoms with Crippen molar-refractivity contribution >= 4 is 0 Å². The second kappa shape index (κ2) is 4.15. The molecule has 3 heteroatoms. The van der Waals surface area contributed by atoms with Gasteiger partial charge in [0.1, 0.15) is 0 Å². The van der Waals surface area contributed by atoms with Crippen LogP contribution in [-0.4, -0.2) is 35.2 Å². The number of piperidine rings is 1. The van der Waals surface area contributed by atoms with Crippen molar-refractivity contribution in [1.29, 1.82) is 0 Å². The van der Waals surface area contributed by atoms with E-state index in [0.29, 0.717) is 0 Å². The summed E-state index contributed by atoms with van der Waals surface area (Å²) in [6.45, 7) is 1.93. The number of rotatable bonds is 1. The zero-order chi connectivity index (χ0) is 9.97. The largest absolute Gasteiger partial charge is 0.393 e. The molecule has 0 aromatic heterocycles. The second-order valence-corrected chi connectivity index (χ2v) is 4.11. The van der Waals surface area contributed by atoms with Crippen LogP contribution in [0.5, 0.6) is 0 Å². The molecule has 1 unspecified atom stereocenters. The smallest absolute Gasteiger partial charge is 0.0574 e. The molecular formula is C11H18N2O. The molecule has 1 fully saturated rings. The fraction of sp³-hybridized carbons (Fsp3) is 0.636. The van der Waals surface area contributed by atoms with Gasteiger partial charge in [0.25, 0.3) is 0 Å². The maximum Gasteiger partial charge on any atom is 0.0574 e. The molecular weight excluding hydrogens is 176 g/mol. The number of aliphatic hydroxyl groups is 1. The van der Waals surface area contributed by atoms with Crippen LogP contribution in [0.15, 0.2) is 23.9 Å². The number of allylic oxidation sites excluding steroid dienone is 1. The summed E-state index contributed by atoms with van der Waals surface area (Å²) < 4.78 is 0. The highest BCUT2D eigenvalue weighted by atomic mass is 16.3. The molecule has 0 amide bonds. The normalized spacial score (nSPS) is 29.1. The standard InChI is InChI=1S/C11H18N2O/c12-9-1-3-10(4-2-9)13-7-5-11(14)6-8-13/h1,3-4,9,11,14H,2,5-8,12H2. The first-order valence-electron chi connectivity index (χ1n) is 5.32. The van der Waals surface area contributed by atoms with Crippen LogP contribution in [0, 0.1) is 0 Å². The van der Waals surface area contributed by atoms with E-state index in [1.54, 1.807) is 0 Å². The van der Waals surface area contributed by atoms with E-state index in [-0.39, 0.29) is 12.1 Å². The molecule has 1 aliphatic carbocycles. The van der Waals surface area contributed by atoms with Crippen molar-refractivity contribution in [3.05, 3.63) is 23.9 Å². The van der Waals surface area contributed by atoms with Crippen molar-refractivity contribution in [1.82, 2.24) is 4.90 Å². The van der Waals surface area contributed by atoms with Crippen molar-refractivity contribution in [3.8, 4) is 0 Å². The summed E-state index contributed by atoms with van der Waals surface area (Å²) in [4.78, 5) is 2.33. The third kappa shape index (κ3) is 2.16. The monoisotopic (exact) mass is 194 g/mol. The predicted octanol–water partition coefficient (Wildman–Crippen LogP) is 0.614. The van der Waals surface area contributed by atoms with Crippen LogP contribution in [0.1, 0.15) is 19.3 Å². The molecule has 0 saturated carbocycles. The van der Waals surface area contributed by atoms with Gasteiger partial charge in [-0.1, -0.05) is 12.2 Å². The Morgan fingerprint density at radius 3 is 2.64 bits per heavy atom. The highest BCUT2D eigenvalue weighted by Gasteiger charge is 2.18. The Kier molecular flexibility index (Phi) is 2.89. The first kappa shape index (κ1) is 9.74. The molecule has 3 nitrogen and oxygen atoms in total. The van der Waals surface area contributed by atoms with Gasteiger partial charge in [-0.05, 0) is 25.3 Å². The van der Waals surface area contributed by atoms with Crippen molar-refractivity contribution in [3.63, 3.8) is 0 Å². The Morgan fingerprint density at radius 2 is 2.07 bits per heavy atom. The minimum absolute atomic E-state index is 0.0957. The summed E-state index contributed by atoms with van der Waals surface area (Å²) in [6.07, 6.45) is 8.97. The molecule has 2 rings (SSSR count). The number of likely N-dealkylation sites (tertiary alicyclic amines) is 1. The lowest BCUT2D eigenvalue weighted by atomic mass is 10.0. The Balaban J connectivity index is 1.93. The van der Waals surface area contributed by atoms with Crippen molar-refractivity contribution < 1.29 is 5.11 Å². The van der Waals surface area contributed by atoms with E-state index in [0.717, 1.165) is 32.4 Å². The van der Waals surface area contributed by atoms with Crippen LogP contribution in [-0.2, 0) is 0 Å². The molecule has 3 N–H and O–H groups in total. The van der Waals surface area contributed by atoms with Crippen LogP contribution in [0.4, 0.5) is 0 Å². The fourth-order valence-electron chi connectivity index (χ4n) is 1.98. The number of aliphatic hydroxyl groups excluding tert-OH is 1. The molecule has 0 bridgehead atoms. The topological polar surface area (TPSA) is 49.5 Å². The minimum Gasteiger partial charge on any atom is -0.393 e. The first-order valence-corrected chi connectivity index (χ1v) is 5.32. The average molecular weight is 194 g/mol. The number of hydrogen-bond donors (Lipinski definition) is 2. The van der Waals surface area contributed by atoms with E-state index in [2.05, 4.69) is 23.1 Å². The molecule has 1 atom stereocenters. The van der Waals surface area contributed by atoms with Gasteiger partial charge in [0.15, 0.2) is 0 Å². The third-order valence-corrected chi connectivity index (χ3v) is 2.94. The minimum atomic E-state index is -0.0957. The van der Waals surface area contributed by atoms with Gasteiger partial charge in [-0.2, -0.15) is 0 Å². The Hall–Kier alpha value is -0.800. The van der Waals surface area contributed by atoms with Crippen LogP contribution < -0.4 is 5.73 Å². The van der Waals surface area contributed by atoms with Crippen LogP contribution in [0.25, 0.3) is 0 Å². The van der Waals surface area contributed by atoms with E-state index in [1.165, 1.54) is 5.70 Å². The summed E-state index contributed by atoms with van der Waals surface area (Å²) in [5.41, 5.74) is 7.04. The molecule has 0 aromatic carbocycles. The van der Waals surface area contributed by atoms with Gasteiger partial charge in [-0.3, -0.25) is 0 Å². The van der Waals surface area contributed by atoms with Crippen LogP contribution in [0.2, 0.25) is 0 Å². The van der Waals surface area contributed by atoms with Crippen molar-refractivity contribution in [2.75, 3.05) is 13.1 Å². The van der Waals surface area contributed by atoms with Gasteiger partial charge in [0.05, 0.1) is 6.10 Å². The molecule has 2 aliphatic rings. The lowest BCUT2D eigenvalue weighted by Gasteiger charge is -2.33. The summed E-state index contributed by atoms with van der Waals surface area (Å²) in [7, 11) is 0. The molecule has 1 saturated heterocycles. The van der Waals surface area contributed by atoms with Crippen LogP contribution in [0.3, 0.4) is 0 Å². The van der Waals surface area contributed by atoms with E-state index >= 15 is 0 Å². The molecule has 0 aromatic rings. The van der Waals surface area contributed by atoms with Gasteiger partial charge in [0.2, 0.25) is 0 Å². The zero-order valence-electron chi connectivity index (χ0n) is 8.39. The summed E-state index contributed by atoms with van der Waals surface area (Å²) in [6, 6.07) is 0.189. The Labute approximate surface area is 84.9 Å². The summed E-state index contributed by atoms with van der Waals surface area (Å²) >= 11 is 0. The van der Waals surface area contributed by atoms with E-state index < -0.39 is 0 Å². The Morgan fingerprint density at radius 1 is 1.36 bits per heavy atom. The number of hydrogen-bond acceptors (Lipinski definition) is 3. The molecule has 0 spiro atoms. The van der Waals surface area contributed by atoms with Gasteiger partial charge >= 0.3 is 0 Å². The summed E-state index contributed by atoms with van der Waals surface area (Å²) in [5, 5.41) is 9.38. The lowest BCUT2D eigenvalue weighted by Crippen LogP contribution is -2.35. The maximum atomic E-state index is 9.38. The van der Waals surface area contributed by atoms with Gasteiger partial charge in [0, 0.05) is 24.8 Å². The fourth-order valence-corrected chi connectivity index (χ4v) is 1.98. The SMILES string of the molecule is NC1C=CC(N2CCC(O)CC2)=CC1. The Bertz CT molecular complexity index is 252. The first-order chi connectivity index (χ1) is 6.75. The molecule has 14 heavy (non-hydrogen) atoms. The molecule has 78 valence electrons. The summed E-state index contributed by atoms with van der Waals surface area (Å²) in [5.74, 6) is 0. The van der Waals surface area contributed by atoms with Crippen molar-refractivity contribution in [2.45, 2.75) is 31.4 Å². The lowest BCUT2D eigenvalue weighted by molar-refractivity contribution is 0.0983. The van der Waals surface area contributed by atoms with E-state index in [1.807, 2.05) is 0 Å². The molecule has 1 aliphatic heterocycles. The molecule has 0 radical (unpaired) electrons. The zero-order valence-corrected chi connectivity index (χ0v) is 8.39. The average Bonchev–Trinajstić information content (AvgIpc) is 2.21. The second-order valence-electron chi connectivity index (χ2n) is 4.11. The predicted molar refractivity (Wildman–Crippen MR) is 56.6 cm³/mol. The van der Waals surface area contributed by atoms with E-state index in [9.17, 15) is 5.11 Å². The number of nitrogens with zero attached hydrogens (tertiary/aromatic N) is 1. The van der Waals surface area contributed by atoms with Gasteiger partial charge in [-0.25, -0.2) is 0 Å². The van der Waals surface area contributed by atoms with Gasteiger partial charge in [-0.15, -0.1) is 0 Å². The highest BCUT2D eigenvalue weighted by Crippen LogP contribution is 2.19. The van der Waals surface area contributed by atoms with Crippen LogP contribution >= 0.6 is 0 Å². The van der Waals surface area contributed by atoms with E-state index in [4.69, 9.17) is 5.73 Å². The third-order valence-electron chi connectivity index (χ3n) is 2.94. The maximum absolute atomic E-state index is 9.38. The number of nitrogens with two attached hydrogens (primary N) is 1. The van der Waals surface area contributed by atoms with Crippen molar-refractivity contribution in [2.24, 2.45) is 5.73 Å². The highest BCUT2D eigenvalue weighted by molar-refractivity contribution is 5.24. The molecule has 1 heterocycles. The quantitative estimate of drug-likeness (QED) is 0.643. The van der Waals surface area contributed by atoms with Gasteiger partial charge < -0.3 is 15.7 Å².